The van der Waals surface area contributed by atoms with Crippen molar-refractivity contribution < 1.29 is 0 Å². The highest BCUT2D eigenvalue weighted by Crippen LogP contribution is 2.37. The zero-order valence-electron chi connectivity index (χ0n) is 11.2. The summed E-state index contributed by atoms with van der Waals surface area (Å²) in [5, 5.41) is 8.03. The van der Waals surface area contributed by atoms with E-state index in [1.54, 1.807) is 11.3 Å². The van der Waals surface area contributed by atoms with Crippen LogP contribution in [0.2, 0.25) is 0 Å². The SMILES string of the molecule is CNC(Cc1ccsc1)C1(N(C)C)CCCC1. The lowest BCUT2D eigenvalue weighted by Gasteiger charge is -2.43. The highest BCUT2D eigenvalue weighted by Gasteiger charge is 2.42. The summed E-state index contributed by atoms with van der Waals surface area (Å²) in [6.45, 7) is 0. The van der Waals surface area contributed by atoms with E-state index < -0.39 is 0 Å². The van der Waals surface area contributed by atoms with Crippen LogP contribution in [-0.2, 0) is 6.42 Å². The van der Waals surface area contributed by atoms with Crippen molar-refractivity contribution in [3.8, 4) is 0 Å². The molecule has 1 heterocycles. The van der Waals surface area contributed by atoms with Gasteiger partial charge in [-0.15, -0.1) is 0 Å². The molecule has 1 aliphatic rings. The van der Waals surface area contributed by atoms with Crippen molar-refractivity contribution in [2.24, 2.45) is 0 Å². The molecule has 2 rings (SSSR count). The topological polar surface area (TPSA) is 15.3 Å². The third kappa shape index (κ3) is 2.56. The van der Waals surface area contributed by atoms with E-state index >= 15 is 0 Å². The molecule has 1 fully saturated rings. The second-order valence-corrected chi connectivity index (χ2v) is 6.16. The fourth-order valence-corrected chi connectivity index (χ4v) is 3.98. The Labute approximate surface area is 109 Å². The van der Waals surface area contributed by atoms with Gasteiger partial charge in [0.25, 0.3) is 0 Å². The molecule has 0 spiro atoms. The Kier molecular flexibility index (Phi) is 4.23. The molecule has 0 bridgehead atoms. The smallest absolute Gasteiger partial charge is 0.0359 e. The summed E-state index contributed by atoms with van der Waals surface area (Å²) in [5.74, 6) is 0. The first-order chi connectivity index (χ1) is 8.19. The van der Waals surface area contributed by atoms with Gasteiger partial charge in [-0.05, 0) is 62.8 Å². The standard InChI is InChI=1S/C14H24N2S/c1-15-13(10-12-6-9-17-11-12)14(16(2)3)7-4-5-8-14/h6,9,11,13,15H,4-5,7-8,10H2,1-3H3. The molecule has 17 heavy (non-hydrogen) atoms. The molecule has 1 aliphatic carbocycles. The highest BCUT2D eigenvalue weighted by molar-refractivity contribution is 7.07. The Morgan fingerprint density at radius 1 is 1.41 bits per heavy atom. The fraction of sp³-hybridized carbons (Fsp3) is 0.714. The minimum absolute atomic E-state index is 0.358. The maximum absolute atomic E-state index is 3.57. The Morgan fingerprint density at radius 2 is 2.12 bits per heavy atom. The van der Waals surface area contributed by atoms with Crippen LogP contribution in [0.3, 0.4) is 0 Å². The molecule has 1 aromatic heterocycles. The van der Waals surface area contributed by atoms with E-state index in [9.17, 15) is 0 Å². The molecule has 1 unspecified atom stereocenters. The van der Waals surface area contributed by atoms with E-state index in [2.05, 4.69) is 48.2 Å². The van der Waals surface area contributed by atoms with Gasteiger partial charge in [-0.1, -0.05) is 12.8 Å². The number of thiophene rings is 1. The highest BCUT2D eigenvalue weighted by atomic mass is 32.1. The number of hydrogen-bond acceptors (Lipinski definition) is 3. The van der Waals surface area contributed by atoms with Crippen LogP contribution in [0.25, 0.3) is 0 Å². The lowest BCUT2D eigenvalue weighted by Crippen LogP contribution is -2.57. The maximum atomic E-state index is 3.57. The van der Waals surface area contributed by atoms with E-state index in [0.717, 1.165) is 6.42 Å². The zero-order valence-corrected chi connectivity index (χ0v) is 12.0. The Hall–Kier alpha value is -0.380. The van der Waals surface area contributed by atoms with Crippen LogP contribution in [0.15, 0.2) is 16.8 Å². The molecule has 1 N–H and O–H groups in total. The van der Waals surface area contributed by atoms with Crippen molar-refractivity contribution in [1.29, 1.82) is 0 Å². The molecule has 1 saturated carbocycles. The quantitative estimate of drug-likeness (QED) is 0.867. The third-order valence-electron chi connectivity index (χ3n) is 4.38. The van der Waals surface area contributed by atoms with Gasteiger partial charge in [0.05, 0.1) is 0 Å². The summed E-state index contributed by atoms with van der Waals surface area (Å²) < 4.78 is 0. The average molecular weight is 252 g/mol. The van der Waals surface area contributed by atoms with Gasteiger partial charge in [0.2, 0.25) is 0 Å². The second-order valence-electron chi connectivity index (χ2n) is 5.38. The summed E-state index contributed by atoms with van der Waals surface area (Å²) in [6, 6.07) is 2.82. The normalized spacial score (nSPS) is 20.9. The molecular weight excluding hydrogens is 228 g/mol. The number of nitrogens with zero attached hydrogens (tertiary/aromatic N) is 1. The zero-order chi connectivity index (χ0) is 12.3. The third-order valence-corrected chi connectivity index (χ3v) is 5.11. The summed E-state index contributed by atoms with van der Waals surface area (Å²) in [4.78, 5) is 2.45. The first-order valence-corrected chi connectivity index (χ1v) is 7.49. The molecule has 3 heteroatoms. The molecule has 0 aliphatic heterocycles. The molecule has 0 amide bonds. The van der Waals surface area contributed by atoms with Gasteiger partial charge in [0.15, 0.2) is 0 Å². The van der Waals surface area contributed by atoms with Crippen molar-refractivity contribution in [2.45, 2.75) is 43.7 Å². The largest absolute Gasteiger partial charge is 0.315 e. The van der Waals surface area contributed by atoms with E-state index in [-0.39, 0.29) is 0 Å². The fourth-order valence-electron chi connectivity index (χ4n) is 3.30. The van der Waals surface area contributed by atoms with E-state index in [0.29, 0.717) is 11.6 Å². The van der Waals surface area contributed by atoms with Crippen LogP contribution in [0.5, 0.6) is 0 Å². The van der Waals surface area contributed by atoms with Gasteiger partial charge >= 0.3 is 0 Å². The van der Waals surface area contributed by atoms with Crippen molar-refractivity contribution in [3.05, 3.63) is 22.4 Å². The second kappa shape index (κ2) is 5.51. The number of hydrogen-bond donors (Lipinski definition) is 1. The van der Waals surface area contributed by atoms with Crippen LogP contribution in [0.1, 0.15) is 31.2 Å². The molecule has 2 nitrogen and oxygen atoms in total. The summed E-state index contributed by atoms with van der Waals surface area (Å²) in [7, 11) is 6.59. The lowest BCUT2D eigenvalue weighted by molar-refractivity contribution is 0.108. The predicted octanol–water partition coefficient (Wildman–Crippen LogP) is 2.75. The van der Waals surface area contributed by atoms with Crippen LogP contribution in [-0.4, -0.2) is 37.6 Å². The van der Waals surface area contributed by atoms with Gasteiger partial charge < -0.3 is 10.2 Å². The van der Waals surface area contributed by atoms with Gasteiger partial charge in [0, 0.05) is 11.6 Å². The van der Waals surface area contributed by atoms with Gasteiger partial charge in [-0.25, -0.2) is 0 Å². The predicted molar refractivity (Wildman–Crippen MR) is 75.8 cm³/mol. The number of nitrogens with one attached hydrogen (secondary N) is 1. The van der Waals surface area contributed by atoms with Crippen LogP contribution >= 0.6 is 11.3 Å². The minimum Gasteiger partial charge on any atom is -0.315 e. The molecule has 0 radical (unpaired) electrons. The Bertz CT molecular complexity index is 326. The molecule has 0 saturated heterocycles. The van der Waals surface area contributed by atoms with Crippen LogP contribution < -0.4 is 5.32 Å². The van der Waals surface area contributed by atoms with Crippen molar-refractivity contribution in [1.82, 2.24) is 10.2 Å². The van der Waals surface area contributed by atoms with Crippen molar-refractivity contribution in [3.63, 3.8) is 0 Å². The molecule has 1 atom stereocenters. The lowest BCUT2D eigenvalue weighted by atomic mass is 9.83. The van der Waals surface area contributed by atoms with Gasteiger partial charge in [-0.3, -0.25) is 0 Å². The van der Waals surface area contributed by atoms with Crippen LogP contribution in [0.4, 0.5) is 0 Å². The number of likely N-dealkylation sites (N-methyl/N-ethyl adjacent to an activating group) is 2. The van der Waals surface area contributed by atoms with E-state index in [1.807, 2.05) is 0 Å². The molecule has 1 aromatic rings. The summed E-state index contributed by atoms with van der Waals surface area (Å²) in [5.41, 5.74) is 1.83. The first kappa shape index (κ1) is 13.1. The van der Waals surface area contributed by atoms with E-state index in [4.69, 9.17) is 0 Å². The summed E-state index contributed by atoms with van der Waals surface area (Å²) in [6.07, 6.45) is 6.56. The molecular formula is C14H24N2S. The van der Waals surface area contributed by atoms with Crippen molar-refractivity contribution in [2.75, 3.05) is 21.1 Å². The monoisotopic (exact) mass is 252 g/mol. The minimum atomic E-state index is 0.358. The summed E-state index contributed by atoms with van der Waals surface area (Å²) >= 11 is 1.80. The van der Waals surface area contributed by atoms with Gasteiger partial charge in [-0.2, -0.15) is 11.3 Å². The Balaban J connectivity index is 2.15. The average Bonchev–Trinajstić information content (AvgIpc) is 2.97. The molecule has 96 valence electrons. The van der Waals surface area contributed by atoms with Gasteiger partial charge in [0.1, 0.15) is 0 Å². The van der Waals surface area contributed by atoms with E-state index in [1.165, 1.54) is 31.2 Å². The maximum Gasteiger partial charge on any atom is 0.0359 e. The number of rotatable bonds is 5. The van der Waals surface area contributed by atoms with Crippen LogP contribution in [0, 0.1) is 0 Å². The Morgan fingerprint density at radius 3 is 2.59 bits per heavy atom. The first-order valence-electron chi connectivity index (χ1n) is 6.55. The molecule has 0 aromatic carbocycles. The van der Waals surface area contributed by atoms with Crippen molar-refractivity contribution >= 4 is 11.3 Å².